The van der Waals surface area contributed by atoms with Crippen molar-refractivity contribution in [3.05, 3.63) is 65.4 Å². The average molecular weight is 406 g/mol. The van der Waals surface area contributed by atoms with Crippen molar-refractivity contribution < 1.29 is 4.79 Å². The molecule has 1 aromatic heterocycles. The van der Waals surface area contributed by atoms with E-state index in [4.69, 9.17) is 0 Å². The smallest absolute Gasteiger partial charge is 0.319 e. The van der Waals surface area contributed by atoms with Gasteiger partial charge < -0.3 is 20.9 Å². The maximum absolute atomic E-state index is 12.3. The molecular formula is C24H31N5O. The van der Waals surface area contributed by atoms with E-state index in [1.54, 1.807) is 0 Å². The third kappa shape index (κ3) is 5.01. The minimum Gasteiger partial charge on any atom is -0.361 e. The number of anilines is 1. The third-order valence-corrected chi connectivity index (χ3v) is 5.82. The number of aromatic nitrogens is 1. The number of piperazine rings is 1. The monoisotopic (exact) mass is 405 g/mol. The third-order valence-electron chi connectivity index (χ3n) is 5.82. The first kappa shape index (κ1) is 20.4. The first-order valence-electron chi connectivity index (χ1n) is 10.9. The number of hydrogen-bond acceptors (Lipinski definition) is 3. The van der Waals surface area contributed by atoms with Crippen molar-refractivity contribution in [2.75, 3.05) is 44.6 Å². The Bertz CT molecular complexity index is 990. The van der Waals surface area contributed by atoms with Gasteiger partial charge in [0.1, 0.15) is 0 Å². The molecule has 0 aliphatic carbocycles. The summed E-state index contributed by atoms with van der Waals surface area (Å²) in [6, 6.07) is 14.5. The van der Waals surface area contributed by atoms with Crippen LogP contribution in [0.5, 0.6) is 0 Å². The number of fused-ring (bicyclic) bond motifs is 1. The van der Waals surface area contributed by atoms with Crippen LogP contribution in [0.15, 0.2) is 48.7 Å². The van der Waals surface area contributed by atoms with Crippen LogP contribution in [-0.2, 0) is 12.8 Å². The van der Waals surface area contributed by atoms with Gasteiger partial charge in [-0.15, -0.1) is 0 Å². The molecule has 0 unspecified atom stereocenters. The molecule has 1 aliphatic rings. The van der Waals surface area contributed by atoms with Gasteiger partial charge >= 0.3 is 6.03 Å². The van der Waals surface area contributed by atoms with E-state index >= 15 is 0 Å². The maximum Gasteiger partial charge on any atom is 0.319 e. The zero-order chi connectivity index (χ0) is 20.8. The molecule has 6 heteroatoms. The molecule has 1 fully saturated rings. The fourth-order valence-corrected chi connectivity index (χ4v) is 4.13. The molecule has 1 aliphatic heterocycles. The Hall–Kier alpha value is -2.83. The van der Waals surface area contributed by atoms with Crippen LogP contribution in [0.4, 0.5) is 10.5 Å². The Kier molecular flexibility index (Phi) is 6.67. The Morgan fingerprint density at radius 3 is 2.73 bits per heavy atom. The van der Waals surface area contributed by atoms with E-state index < -0.39 is 0 Å². The van der Waals surface area contributed by atoms with Crippen molar-refractivity contribution in [3.8, 4) is 0 Å². The first-order valence-corrected chi connectivity index (χ1v) is 10.9. The summed E-state index contributed by atoms with van der Waals surface area (Å²) in [6.45, 7) is 7.84. The second-order valence-corrected chi connectivity index (χ2v) is 7.85. The molecule has 0 atom stereocenters. The number of urea groups is 1. The Morgan fingerprint density at radius 2 is 1.90 bits per heavy atom. The van der Waals surface area contributed by atoms with Crippen LogP contribution >= 0.6 is 0 Å². The number of aromatic amines is 1. The van der Waals surface area contributed by atoms with Crippen LogP contribution in [0.1, 0.15) is 23.6 Å². The number of para-hydroxylation sites is 1. The van der Waals surface area contributed by atoms with Gasteiger partial charge in [-0.1, -0.05) is 31.2 Å². The highest BCUT2D eigenvalue weighted by molar-refractivity contribution is 5.89. The summed E-state index contributed by atoms with van der Waals surface area (Å²) in [5.74, 6) is 0. The van der Waals surface area contributed by atoms with Crippen LogP contribution in [0.25, 0.3) is 10.9 Å². The second-order valence-electron chi connectivity index (χ2n) is 7.85. The van der Waals surface area contributed by atoms with Crippen molar-refractivity contribution in [1.29, 1.82) is 0 Å². The molecule has 4 N–H and O–H groups in total. The standard InChI is InChI=1S/C24H31N5O/c1-2-18-16-21(28-24(30)26-11-14-29-12-9-25-10-13-29)8-7-19(18)15-20-17-27-23-6-4-3-5-22(20)23/h3-8,16-17,25,27H,2,9-15H2,1H3,(H2,26,28,30). The Labute approximate surface area is 178 Å². The lowest BCUT2D eigenvalue weighted by Gasteiger charge is -2.27. The summed E-state index contributed by atoms with van der Waals surface area (Å²) in [7, 11) is 0. The Balaban J connectivity index is 1.35. The molecular weight excluding hydrogens is 374 g/mol. The number of nitrogens with zero attached hydrogens (tertiary/aromatic N) is 1. The maximum atomic E-state index is 12.3. The lowest BCUT2D eigenvalue weighted by atomic mass is 9.97. The number of H-pyrrole nitrogens is 1. The van der Waals surface area contributed by atoms with Crippen LogP contribution in [0.2, 0.25) is 0 Å². The molecule has 158 valence electrons. The largest absolute Gasteiger partial charge is 0.361 e. The lowest BCUT2D eigenvalue weighted by Crippen LogP contribution is -2.46. The van der Waals surface area contributed by atoms with Crippen molar-refractivity contribution in [2.45, 2.75) is 19.8 Å². The SMILES string of the molecule is CCc1cc(NC(=O)NCCN2CCNCC2)ccc1Cc1c[nH]c2ccccc12. The molecule has 30 heavy (non-hydrogen) atoms. The van der Waals surface area contributed by atoms with Crippen LogP contribution < -0.4 is 16.0 Å². The van der Waals surface area contributed by atoms with Gasteiger partial charge in [0.05, 0.1) is 0 Å². The average Bonchev–Trinajstić information content (AvgIpc) is 3.18. The van der Waals surface area contributed by atoms with Gasteiger partial charge in [0.2, 0.25) is 0 Å². The number of hydrogen-bond donors (Lipinski definition) is 4. The normalized spacial score (nSPS) is 14.7. The molecule has 2 amide bonds. The van der Waals surface area contributed by atoms with E-state index in [2.05, 4.69) is 75.4 Å². The number of nitrogens with one attached hydrogen (secondary N) is 4. The van der Waals surface area contributed by atoms with Gasteiger partial charge in [-0.25, -0.2) is 4.79 Å². The number of rotatable bonds is 7. The van der Waals surface area contributed by atoms with E-state index in [1.165, 1.54) is 27.6 Å². The summed E-state index contributed by atoms with van der Waals surface area (Å²) < 4.78 is 0. The van der Waals surface area contributed by atoms with Crippen LogP contribution in [0.3, 0.4) is 0 Å². The van der Waals surface area contributed by atoms with E-state index in [9.17, 15) is 4.79 Å². The predicted molar refractivity (Wildman–Crippen MR) is 123 cm³/mol. The van der Waals surface area contributed by atoms with E-state index in [0.717, 1.165) is 51.3 Å². The number of carbonyl (C=O) groups is 1. The van der Waals surface area contributed by atoms with E-state index in [0.29, 0.717) is 6.54 Å². The minimum atomic E-state index is -0.142. The van der Waals surface area contributed by atoms with Crippen molar-refractivity contribution in [1.82, 2.24) is 20.5 Å². The summed E-state index contributed by atoms with van der Waals surface area (Å²) in [6.07, 6.45) is 3.91. The molecule has 2 aromatic carbocycles. The molecule has 2 heterocycles. The zero-order valence-corrected chi connectivity index (χ0v) is 17.6. The molecule has 0 saturated carbocycles. The first-order chi connectivity index (χ1) is 14.7. The van der Waals surface area contributed by atoms with E-state index in [-0.39, 0.29) is 6.03 Å². The fourth-order valence-electron chi connectivity index (χ4n) is 4.13. The lowest BCUT2D eigenvalue weighted by molar-refractivity contribution is 0.233. The molecule has 0 radical (unpaired) electrons. The van der Waals surface area contributed by atoms with E-state index in [1.807, 2.05) is 6.07 Å². The molecule has 0 bridgehead atoms. The molecule has 1 saturated heterocycles. The van der Waals surface area contributed by atoms with Crippen molar-refractivity contribution in [2.24, 2.45) is 0 Å². The van der Waals surface area contributed by atoms with Crippen LogP contribution in [0, 0.1) is 0 Å². The van der Waals surface area contributed by atoms with Gasteiger partial charge in [-0.3, -0.25) is 4.90 Å². The van der Waals surface area contributed by atoms with Gasteiger partial charge in [0.15, 0.2) is 0 Å². The predicted octanol–water partition coefficient (Wildman–Crippen LogP) is 3.35. The highest BCUT2D eigenvalue weighted by Gasteiger charge is 2.11. The molecule has 3 aromatic rings. The quantitative estimate of drug-likeness (QED) is 0.487. The summed E-state index contributed by atoms with van der Waals surface area (Å²) >= 11 is 0. The van der Waals surface area contributed by atoms with Gasteiger partial charge in [0.25, 0.3) is 0 Å². The van der Waals surface area contributed by atoms with Gasteiger partial charge in [-0.2, -0.15) is 0 Å². The fraction of sp³-hybridized carbons (Fsp3) is 0.375. The topological polar surface area (TPSA) is 72.2 Å². The highest BCUT2D eigenvalue weighted by atomic mass is 16.2. The zero-order valence-electron chi connectivity index (χ0n) is 17.6. The Morgan fingerprint density at radius 1 is 1.07 bits per heavy atom. The number of aryl methyl sites for hydroxylation is 1. The second kappa shape index (κ2) is 9.78. The molecule has 4 rings (SSSR count). The number of carbonyl (C=O) groups excluding carboxylic acids is 1. The molecule has 6 nitrogen and oxygen atoms in total. The van der Waals surface area contributed by atoms with Gasteiger partial charge in [0, 0.05) is 62.1 Å². The highest BCUT2D eigenvalue weighted by Crippen LogP contribution is 2.24. The number of amides is 2. The summed E-state index contributed by atoms with van der Waals surface area (Å²) in [5.41, 5.74) is 5.87. The van der Waals surface area contributed by atoms with Gasteiger partial charge in [-0.05, 0) is 47.7 Å². The summed E-state index contributed by atoms with van der Waals surface area (Å²) in [4.78, 5) is 18.0. The van der Waals surface area contributed by atoms with Crippen molar-refractivity contribution in [3.63, 3.8) is 0 Å². The molecule has 0 spiro atoms. The van der Waals surface area contributed by atoms with Crippen LogP contribution in [-0.4, -0.2) is 55.2 Å². The van der Waals surface area contributed by atoms with Crippen molar-refractivity contribution >= 4 is 22.6 Å². The minimum absolute atomic E-state index is 0.142. The summed E-state index contributed by atoms with van der Waals surface area (Å²) in [5, 5.41) is 10.6. The number of benzene rings is 2.